The highest BCUT2D eigenvalue weighted by atomic mass is 32.2. The summed E-state index contributed by atoms with van der Waals surface area (Å²) in [5, 5.41) is 5.21. The summed E-state index contributed by atoms with van der Waals surface area (Å²) in [4.78, 5) is 50.5. The molecule has 0 fully saturated rings. The fourth-order valence-corrected chi connectivity index (χ4v) is 5.25. The third-order valence-corrected chi connectivity index (χ3v) is 7.54. The van der Waals surface area contributed by atoms with Crippen LogP contribution in [-0.4, -0.2) is 67.7 Å². The smallest absolute Gasteiger partial charge is 0.407 e. The molecule has 0 aliphatic rings. The van der Waals surface area contributed by atoms with Crippen LogP contribution in [0.1, 0.15) is 64.7 Å². The maximum Gasteiger partial charge on any atom is 0.407 e. The van der Waals surface area contributed by atoms with Gasteiger partial charge < -0.3 is 24.8 Å². The van der Waals surface area contributed by atoms with E-state index in [0.29, 0.717) is 37.3 Å². The average molecular weight is 659 g/mol. The number of carbonyl (C=O) groups is 3. The largest absolute Gasteiger partial charge is 0.492 e. The molecule has 0 spiro atoms. The zero-order chi connectivity index (χ0) is 34.1. The van der Waals surface area contributed by atoms with Crippen LogP contribution in [0.2, 0.25) is 0 Å². The minimum absolute atomic E-state index is 0.0185. The van der Waals surface area contributed by atoms with Crippen molar-refractivity contribution in [2.24, 2.45) is 0 Å². The van der Waals surface area contributed by atoms with Gasteiger partial charge in [-0.1, -0.05) is 18.2 Å². The molecule has 250 valence electrons. The molecule has 14 heteroatoms. The number of carbonyl (C=O) groups excluding carboxylic acids is 3. The first kappa shape index (κ1) is 36.0. The van der Waals surface area contributed by atoms with E-state index in [1.165, 1.54) is 28.8 Å². The molecule has 2 aromatic heterocycles. The molecule has 2 heterocycles. The van der Waals surface area contributed by atoms with Gasteiger partial charge in [-0.25, -0.2) is 13.2 Å². The number of sulfonamides is 1. The van der Waals surface area contributed by atoms with E-state index in [1.54, 1.807) is 71.9 Å². The lowest BCUT2D eigenvalue weighted by Gasteiger charge is -2.24. The third kappa shape index (κ3) is 11.5. The molecule has 1 atom stereocenters. The van der Waals surface area contributed by atoms with Crippen molar-refractivity contribution >= 4 is 33.5 Å². The summed E-state index contributed by atoms with van der Waals surface area (Å²) in [6.07, 6.45) is 2.34. The molecule has 0 saturated carbocycles. The van der Waals surface area contributed by atoms with Crippen molar-refractivity contribution in [3.63, 3.8) is 0 Å². The van der Waals surface area contributed by atoms with Gasteiger partial charge in [0.05, 0.1) is 17.7 Å². The molecule has 1 unspecified atom stereocenters. The molecule has 0 bridgehead atoms. The van der Waals surface area contributed by atoms with Crippen LogP contribution < -0.4 is 25.7 Å². The highest BCUT2D eigenvalue weighted by molar-refractivity contribution is 7.89. The number of esters is 1. The van der Waals surface area contributed by atoms with Crippen molar-refractivity contribution in [3.05, 3.63) is 76.7 Å². The van der Waals surface area contributed by atoms with Crippen LogP contribution in [0, 0.1) is 0 Å². The summed E-state index contributed by atoms with van der Waals surface area (Å²) in [7, 11) is -4.12. The molecular formula is C32H42N4O9S. The van der Waals surface area contributed by atoms with Crippen molar-refractivity contribution in [3.8, 4) is 5.75 Å². The first-order chi connectivity index (χ1) is 21.4. The van der Waals surface area contributed by atoms with Gasteiger partial charge >= 0.3 is 12.1 Å². The van der Waals surface area contributed by atoms with Crippen molar-refractivity contribution < 1.29 is 37.0 Å². The standard InChI is InChI=1S/C32H42N4O9S/c1-31(2,3)44-29(39)26(35-46(41,42)25-12-8-7-9-13-25)20-34-28(38)22-18-23-14-15-24(21-36(23)27(37)19-22)43-17-11-10-16-33-30(40)45-32(4,5)6/h7-9,12-15,18-19,21,26,35H,10-11,16-17,20H2,1-6H3,(H,33,40)(H,34,38). The van der Waals surface area contributed by atoms with Crippen LogP contribution in [0.3, 0.4) is 0 Å². The second-order valence-electron chi connectivity index (χ2n) is 12.5. The normalized spacial score (nSPS) is 12.7. The molecule has 0 aliphatic carbocycles. The number of pyridine rings is 2. The first-order valence-electron chi connectivity index (χ1n) is 14.8. The average Bonchev–Trinajstić information content (AvgIpc) is 2.95. The zero-order valence-corrected chi connectivity index (χ0v) is 27.7. The van der Waals surface area contributed by atoms with E-state index >= 15 is 0 Å². The van der Waals surface area contributed by atoms with Gasteiger partial charge in [0.1, 0.15) is 23.0 Å². The van der Waals surface area contributed by atoms with Crippen molar-refractivity contribution in [2.45, 2.75) is 76.5 Å². The van der Waals surface area contributed by atoms with E-state index in [0.717, 1.165) is 6.07 Å². The number of nitrogens with zero attached hydrogens (tertiary/aromatic N) is 1. The number of hydrogen-bond donors (Lipinski definition) is 3. The van der Waals surface area contributed by atoms with E-state index in [4.69, 9.17) is 14.2 Å². The van der Waals surface area contributed by atoms with Gasteiger partial charge in [-0.15, -0.1) is 0 Å². The lowest BCUT2D eigenvalue weighted by molar-refractivity contribution is -0.156. The van der Waals surface area contributed by atoms with E-state index in [-0.39, 0.29) is 10.5 Å². The van der Waals surface area contributed by atoms with Crippen LogP contribution in [-0.2, 0) is 24.3 Å². The number of hydrogen-bond acceptors (Lipinski definition) is 9. The number of ether oxygens (including phenoxy) is 3. The van der Waals surface area contributed by atoms with Gasteiger partial charge in [0.2, 0.25) is 10.0 Å². The summed E-state index contributed by atoms with van der Waals surface area (Å²) in [5.74, 6) is -1.12. The molecule has 13 nitrogen and oxygen atoms in total. The summed E-state index contributed by atoms with van der Waals surface area (Å²) in [6, 6.07) is 11.9. The SMILES string of the molecule is CC(C)(C)OC(=O)NCCCCOc1ccc2cc(C(=O)NCC(NS(=O)(=O)c3ccccc3)C(=O)OC(C)(C)C)cc(=O)n2c1. The predicted molar refractivity (Wildman–Crippen MR) is 171 cm³/mol. The maximum atomic E-state index is 13.0. The second kappa shape index (κ2) is 15.2. The Labute approximate surface area is 268 Å². The van der Waals surface area contributed by atoms with Gasteiger partial charge in [-0.05, 0) is 84.7 Å². The maximum absolute atomic E-state index is 13.0. The minimum Gasteiger partial charge on any atom is -0.492 e. The van der Waals surface area contributed by atoms with Gasteiger partial charge in [-0.2, -0.15) is 4.72 Å². The van der Waals surface area contributed by atoms with E-state index in [9.17, 15) is 27.6 Å². The molecule has 0 radical (unpaired) electrons. The highest BCUT2D eigenvalue weighted by Gasteiger charge is 2.30. The number of amides is 2. The lowest BCUT2D eigenvalue weighted by Crippen LogP contribution is -2.50. The fourth-order valence-electron chi connectivity index (χ4n) is 4.04. The fraction of sp³-hybridized carbons (Fsp3) is 0.438. The number of nitrogens with one attached hydrogen (secondary N) is 3. The number of rotatable bonds is 13. The van der Waals surface area contributed by atoms with Gasteiger partial charge in [0.25, 0.3) is 11.5 Å². The summed E-state index contributed by atoms with van der Waals surface area (Å²) >= 11 is 0. The molecule has 3 rings (SSSR count). The third-order valence-electron chi connectivity index (χ3n) is 6.05. The lowest BCUT2D eigenvalue weighted by atomic mass is 10.2. The van der Waals surface area contributed by atoms with Crippen LogP contribution in [0.4, 0.5) is 4.79 Å². The molecule has 3 N–H and O–H groups in total. The van der Waals surface area contributed by atoms with E-state index < -0.39 is 57.3 Å². The predicted octanol–water partition coefficient (Wildman–Crippen LogP) is 3.40. The molecule has 3 aromatic rings. The zero-order valence-electron chi connectivity index (χ0n) is 26.9. The molecular weight excluding hydrogens is 616 g/mol. The van der Waals surface area contributed by atoms with Crippen molar-refractivity contribution in [2.75, 3.05) is 19.7 Å². The van der Waals surface area contributed by atoms with E-state index in [1.807, 2.05) is 0 Å². The monoisotopic (exact) mass is 658 g/mol. The number of aromatic nitrogens is 1. The number of fused-ring (bicyclic) bond motifs is 1. The summed E-state index contributed by atoms with van der Waals surface area (Å²) < 4.78 is 45.8. The Kier molecular flexibility index (Phi) is 11.9. The summed E-state index contributed by atoms with van der Waals surface area (Å²) in [6.45, 7) is 10.6. The molecule has 46 heavy (non-hydrogen) atoms. The van der Waals surface area contributed by atoms with Crippen LogP contribution in [0.25, 0.3) is 5.52 Å². The van der Waals surface area contributed by atoms with Crippen molar-refractivity contribution in [1.29, 1.82) is 0 Å². The van der Waals surface area contributed by atoms with Crippen LogP contribution in [0.15, 0.2) is 70.5 Å². The quantitative estimate of drug-likeness (QED) is 0.184. The Balaban J connectivity index is 1.62. The molecule has 1 aromatic carbocycles. The topological polar surface area (TPSA) is 171 Å². The van der Waals surface area contributed by atoms with Gasteiger partial charge in [0.15, 0.2) is 0 Å². The van der Waals surface area contributed by atoms with E-state index in [2.05, 4.69) is 15.4 Å². The van der Waals surface area contributed by atoms with Gasteiger partial charge in [0, 0.05) is 30.2 Å². The number of alkyl carbamates (subject to hydrolysis) is 1. The molecule has 0 saturated heterocycles. The second-order valence-corrected chi connectivity index (χ2v) is 14.2. The Hall–Kier alpha value is -4.43. The Morgan fingerprint density at radius 3 is 2.20 bits per heavy atom. The first-order valence-corrected chi connectivity index (χ1v) is 16.3. The molecule has 2 amide bonds. The van der Waals surface area contributed by atoms with Crippen LogP contribution >= 0.6 is 0 Å². The molecule has 0 aliphatic heterocycles. The number of benzene rings is 1. The minimum atomic E-state index is -4.12. The number of unbranched alkanes of at least 4 members (excludes halogenated alkanes) is 1. The van der Waals surface area contributed by atoms with Gasteiger partial charge in [-0.3, -0.25) is 18.8 Å². The van der Waals surface area contributed by atoms with Crippen molar-refractivity contribution in [1.82, 2.24) is 19.8 Å². The Morgan fingerprint density at radius 2 is 1.54 bits per heavy atom. The summed E-state index contributed by atoms with van der Waals surface area (Å²) in [5.41, 5.74) is -1.54. The Bertz CT molecular complexity index is 1690. The highest BCUT2D eigenvalue weighted by Crippen LogP contribution is 2.15. The van der Waals surface area contributed by atoms with Crippen LogP contribution in [0.5, 0.6) is 5.75 Å². The Morgan fingerprint density at radius 1 is 0.870 bits per heavy atom.